The van der Waals surface area contributed by atoms with Crippen LogP contribution in [0.3, 0.4) is 0 Å². The molecule has 0 N–H and O–H groups in total. The van der Waals surface area contributed by atoms with Gasteiger partial charge in [0.1, 0.15) is 5.82 Å². The van der Waals surface area contributed by atoms with E-state index < -0.39 is 0 Å². The van der Waals surface area contributed by atoms with Crippen molar-refractivity contribution in [2.75, 3.05) is 0 Å². The number of benzene rings is 5. The third-order valence-electron chi connectivity index (χ3n) is 10.7. The quantitative estimate of drug-likeness (QED) is 0.175. The van der Waals surface area contributed by atoms with E-state index in [9.17, 15) is 0 Å². The molecule has 4 nitrogen and oxygen atoms in total. The molecular formula is C48H54N4. The fraction of sp³-hybridized carbons (Fsp3) is 0.333. The summed E-state index contributed by atoms with van der Waals surface area (Å²) in [6.45, 7) is 27.2. The first-order valence-electron chi connectivity index (χ1n) is 18.7. The summed E-state index contributed by atoms with van der Waals surface area (Å²) in [7, 11) is 0. The molecule has 266 valence electrons. The van der Waals surface area contributed by atoms with Crippen molar-refractivity contribution in [3.8, 4) is 33.9 Å². The molecule has 5 aromatic carbocycles. The Morgan fingerprint density at radius 1 is 0.538 bits per heavy atom. The van der Waals surface area contributed by atoms with Gasteiger partial charge in [0.2, 0.25) is 0 Å². The number of hydrogen-bond acceptors (Lipinski definition) is 2. The van der Waals surface area contributed by atoms with Crippen molar-refractivity contribution >= 4 is 21.8 Å². The first-order valence-corrected chi connectivity index (χ1v) is 18.7. The molecule has 4 heteroatoms. The average Bonchev–Trinajstić information content (AvgIpc) is 3.64. The van der Waals surface area contributed by atoms with Crippen LogP contribution in [0.2, 0.25) is 0 Å². The molecule has 2 heterocycles. The maximum absolute atomic E-state index is 5.02. The highest BCUT2D eigenvalue weighted by atomic mass is 15.3. The molecule has 7 aromatic rings. The molecule has 2 aromatic heterocycles. The maximum Gasteiger partial charge on any atom is 0.168 e. The van der Waals surface area contributed by atoms with Crippen LogP contribution in [0.25, 0.3) is 55.7 Å². The van der Waals surface area contributed by atoms with Gasteiger partial charge in [-0.1, -0.05) is 103 Å². The third kappa shape index (κ3) is 6.49. The van der Waals surface area contributed by atoms with Gasteiger partial charge in [-0.15, -0.1) is 10.2 Å². The predicted octanol–water partition coefficient (Wildman–Crippen LogP) is 12.9. The Labute approximate surface area is 310 Å². The summed E-state index contributed by atoms with van der Waals surface area (Å²) in [6, 6.07) is 36.2. The second kappa shape index (κ2) is 12.6. The summed E-state index contributed by atoms with van der Waals surface area (Å²) >= 11 is 0. The van der Waals surface area contributed by atoms with E-state index in [0.29, 0.717) is 0 Å². The van der Waals surface area contributed by atoms with Crippen LogP contribution in [0.5, 0.6) is 0 Å². The highest BCUT2D eigenvalue weighted by molar-refractivity contribution is 6.10. The van der Waals surface area contributed by atoms with Crippen molar-refractivity contribution in [1.82, 2.24) is 19.3 Å². The minimum Gasteiger partial charge on any atom is -0.309 e. The number of rotatable bonds is 6. The Kier molecular flexibility index (Phi) is 8.60. The lowest BCUT2D eigenvalue weighted by Gasteiger charge is -2.32. The average molecular weight is 687 g/mol. The van der Waals surface area contributed by atoms with Crippen molar-refractivity contribution in [2.24, 2.45) is 5.41 Å². The normalized spacial score (nSPS) is 12.7. The summed E-state index contributed by atoms with van der Waals surface area (Å²) in [5.41, 5.74) is 14.5. The highest BCUT2D eigenvalue weighted by Gasteiger charge is 2.34. The smallest absolute Gasteiger partial charge is 0.168 e. The summed E-state index contributed by atoms with van der Waals surface area (Å²) in [5, 5.41) is 12.5. The van der Waals surface area contributed by atoms with Crippen molar-refractivity contribution in [3.63, 3.8) is 0 Å². The first-order chi connectivity index (χ1) is 24.4. The number of nitrogens with zero attached hydrogens (tertiary/aromatic N) is 4. The van der Waals surface area contributed by atoms with E-state index in [1.807, 2.05) is 0 Å². The van der Waals surface area contributed by atoms with Crippen LogP contribution in [0.15, 0.2) is 97.1 Å². The van der Waals surface area contributed by atoms with Crippen molar-refractivity contribution in [3.05, 3.63) is 131 Å². The van der Waals surface area contributed by atoms with E-state index in [1.165, 1.54) is 66.4 Å². The summed E-state index contributed by atoms with van der Waals surface area (Å²) in [5.74, 6) is 1.85. The fourth-order valence-electron chi connectivity index (χ4n) is 8.18. The molecule has 0 aliphatic rings. The van der Waals surface area contributed by atoms with Gasteiger partial charge < -0.3 is 4.57 Å². The lowest BCUT2D eigenvalue weighted by Crippen LogP contribution is -2.28. The predicted molar refractivity (Wildman–Crippen MR) is 221 cm³/mol. The van der Waals surface area contributed by atoms with Crippen LogP contribution in [-0.2, 0) is 10.8 Å². The molecule has 0 saturated heterocycles. The van der Waals surface area contributed by atoms with Crippen LogP contribution < -0.4 is 0 Å². The van der Waals surface area contributed by atoms with Gasteiger partial charge in [-0.3, -0.25) is 4.57 Å². The minimum absolute atomic E-state index is 0.0491. The SMILES string of the molecule is Cc1ccc(-c2ccc(-n3c(-c4ccc5c(c4)c4cc(C)c(C)cc4n5-c4cccc(C(C)(C)C)c4)nnc3C(C)(C)CC(C)(C)C)c(C)c2)cc1. The first kappa shape index (κ1) is 35.4. The number of aryl methyl sites for hydroxylation is 4. The Bertz CT molecular complexity index is 2450. The van der Waals surface area contributed by atoms with E-state index in [-0.39, 0.29) is 16.2 Å². The molecule has 0 saturated carbocycles. The molecule has 0 aliphatic heterocycles. The van der Waals surface area contributed by atoms with Crippen LogP contribution >= 0.6 is 0 Å². The monoisotopic (exact) mass is 686 g/mol. The molecule has 0 bridgehead atoms. The fourth-order valence-corrected chi connectivity index (χ4v) is 8.18. The number of hydrogen-bond donors (Lipinski definition) is 0. The highest BCUT2D eigenvalue weighted by Crippen LogP contribution is 2.41. The van der Waals surface area contributed by atoms with E-state index in [2.05, 4.69) is 189 Å². The second-order valence-corrected chi connectivity index (χ2v) is 18.0. The zero-order chi connectivity index (χ0) is 37.3. The van der Waals surface area contributed by atoms with Gasteiger partial charge in [-0.05, 0) is 133 Å². The second-order valence-electron chi connectivity index (χ2n) is 18.0. The van der Waals surface area contributed by atoms with Gasteiger partial charge >= 0.3 is 0 Å². The van der Waals surface area contributed by atoms with Crippen LogP contribution in [-0.4, -0.2) is 19.3 Å². The zero-order valence-corrected chi connectivity index (χ0v) is 33.2. The molecule has 7 rings (SSSR count). The Hall–Kier alpha value is -4.96. The minimum atomic E-state index is -0.224. The Balaban J connectivity index is 1.46. The lowest BCUT2D eigenvalue weighted by atomic mass is 9.75. The Morgan fingerprint density at radius 3 is 1.87 bits per heavy atom. The van der Waals surface area contributed by atoms with Gasteiger partial charge in [0.05, 0.1) is 16.7 Å². The van der Waals surface area contributed by atoms with Gasteiger partial charge in [-0.25, -0.2) is 0 Å². The number of aromatic nitrogens is 4. The maximum atomic E-state index is 5.02. The molecule has 0 unspecified atom stereocenters. The molecule has 0 amide bonds. The lowest BCUT2D eigenvalue weighted by molar-refractivity contribution is 0.272. The van der Waals surface area contributed by atoms with Crippen molar-refractivity contribution < 1.29 is 0 Å². The van der Waals surface area contributed by atoms with Crippen LogP contribution in [0.4, 0.5) is 0 Å². The van der Waals surface area contributed by atoms with Gasteiger partial charge in [0, 0.05) is 27.4 Å². The molecule has 0 atom stereocenters. The van der Waals surface area contributed by atoms with Crippen LogP contribution in [0.1, 0.15) is 95.5 Å². The molecule has 0 aliphatic carbocycles. The molecular weight excluding hydrogens is 633 g/mol. The van der Waals surface area contributed by atoms with Gasteiger partial charge in [-0.2, -0.15) is 0 Å². The van der Waals surface area contributed by atoms with Gasteiger partial charge in [0.15, 0.2) is 5.82 Å². The Morgan fingerprint density at radius 2 is 1.19 bits per heavy atom. The topological polar surface area (TPSA) is 35.6 Å². The zero-order valence-electron chi connectivity index (χ0n) is 33.2. The van der Waals surface area contributed by atoms with E-state index >= 15 is 0 Å². The van der Waals surface area contributed by atoms with E-state index in [4.69, 9.17) is 10.2 Å². The number of fused-ring (bicyclic) bond motifs is 3. The molecule has 0 radical (unpaired) electrons. The van der Waals surface area contributed by atoms with Crippen molar-refractivity contribution in [1.29, 1.82) is 0 Å². The van der Waals surface area contributed by atoms with E-state index in [1.54, 1.807) is 0 Å². The standard InChI is InChI=1S/C48H54N4/c1-30-16-18-34(19-17-30)35-20-22-41(33(4)24-35)52-44(49-50-45(52)48(11,12)29-46(5,6)7)36-21-23-42-40(27-36)39-25-31(2)32(3)26-43(39)51(42)38-15-13-14-37(28-38)47(8,9)10/h13-28H,29H2,1-12H3. The summed E-state index contributed by atoms with van der Waals surface area (Å²) in [4.78, 5) is 0. The third-order valence-corrected chi connectivity index (χ3v) is 10.7. The summed E-state index contributed by atoms with van der Waals surface area (Å²) in [6.07, 6.45) is 0.970. The largest absolute Gasteiger partial charge is 0.309 e. The molecule has 0 spiro atoms. The molecule has 0 fully saturated rings. The summed E-state index contributed by atoms with van der Waals surface area (Å²) < 4.78 is 4.77. The van der Waals surface area contributed by atoms with Gasteiger partial charge in [0.25, 0.3) is 0 Å². The van der Waals surface area contributed by atoms with E-state index in [0.717, 1.165) is 29.3 Å². The van der Waals surface area contributed by atoms with Crippen molar-refractivity contribution in [2.45, 2.75) is 100 Å². The molecule has 52 heavy (non-hydrogen) atoms. The van der Waals surface area contributed by atoms with Crippen LogP contribution in [0, 0.1) is 33.1 Å².